The molecule has 0 radical (unpaired) electrons. The maximum atomic E-state index is 15.1. The number of nitriles is 1. The number of hydrogen-bond acceptors (Lipinski definition) is 5. The standard InChI is InChI=1S/C28H30FN3O4/c1-17(2)35-28(33)31-25-9-6-18(14-24(25)29)27-23(16-30)22-8-7-21(36-20-10-12-34-13-11-20)15-26(22)32(27)19-4-3-5-19/h6-9,14-15,17,19-20H,3-5,10-13H2,1-2H3,(H,31,33). The van der Waals surface area contributed by atoms with E-state index in [4.69, 9.17) is 14.2 Å². The van der Waals surface area contributed by atoms with Gasteiger partial charge in [-0.15, -0.1) is 0 Å². The predicted octanol–water partition coefficient (Wildman–Crippen LogP) is 6.56. The molecule has 0 bridgehead atoms. The van der Waals surface area contributed by atoms with E-state index in [0.717, 1.165) is 48.8 Å². The zero-order valence-electron chi connectivity index (χ0n) is 20.6. The fourth-order valence-corrected chi connectivity index (χ4v) is 4.89. The predicted molar refractivity (Wildman–Crippen MR) is 135 cm³/mol. The first-order chi connectivity index (χ1) is 17.4. The molecule has 0 atom stereocenters. The highest BCUT2D eigenvalue weighted by Gasteiger charge is 2.29. The number of anilines is 1. The van der Waals surface area contributed by atoms with Crippen LogP contribution in [-0.4, -0.2) is 36.1 Å². The van der Waals surface area contributed by atoms with Crippen molar-refractivity contribution in [3.05, 3.63) is 47.8 Å². The van der Waals surface area contributed by atoms with Gasteiger partial charge in [-0.05, 0) is 57.4 Å². The third-order valence-electron chi connectivity index (χ3n) is 6.82. The lowest BCUT2D eigenvalue weighted by atomic mass is 9.92. The summed E-state index contributed by atoms with van der Waals surface area (Å²) in [6.07, 6.45) is 3.88. The van der Waals surface area contributed by atoms with Gasteiger partial charge in [-0.2, -0.15) is 5.26 Å². The Bertz CT molecular complexity index is 1320. The third-order valence-corrected chi connectivity index (χ3v) is 6.82. The Labute approximate surface area is 209 Å². The molecule has 1 aliphatic carbocycles. The second-order valence-corrected chi connectivity index (χ2v) is 9.67. The first-order valence-electron chi connectivity index (χ1n) is 12.5. The van der Waals surface area contributed by atoms with Gasteiger partial charge in [0.25, 0.3) is 0 Å². The first-order valence-corrected chi connectivity index (χ1v) is 12.5. The fraction of sp³-hybridized carbons (Fsp3) is 0.429. The Kier molecular flexibility index (Phi) is 6.84. The summed E-state index contributed by atoms with van der Waals surface area (Å²) in [4.78, 5) is 11.9. The van der Waals surface area contributed by atoms with Crippen LogP contribution >= 0.6 is 0 Å². The highest BCUT2D eigenvalue weighted by molar-refractivity contribution is 5.96. The third kappa shape index (κ3) is 4.76. The van der Waals surface area contributed by atoms with Crippen LogP contribution in [-0.2, 0) is 9.47 Å². The summed E-state index contributed by atoms with van der Waals surface area (Å²) in [6.45, 7) is 4.84. The fourth-order valence-electron chi connectivity index (χ4n) is 4.89. The Hall–Kier alpha value is -3.57. The van der Waals surface area contributed by atoms with Gasteiger partial charge in [0.05, 0.1) is 41.8 Å². The minimum atomic E-state index is -0.713. The van der Waals surface area contributed by atoms with E-state index in [1.54, 1.807) is 19.9 Å². The van der Waals surface area contributed by atoms with E-state index in [0.29, 0.717) is 30.0 Å². The molecule has 1 aromatic heterocycles. The van der Waals surface area contributed by atoms with Crippen LogP contribution in [0, 0.1) is 17.1 Å². The molecule has 2 aliphatic rings. The van der Waals surface area contributed by atoms with Crippen molar-refractivity contribution in [2.45, 2.75) is 64.2 Å². The molecule has 2 fully saturated rings. The molecule has 1 aliphatic heterocycles. The number of carbonyl (C=O) groups excluding carboxylic acids is 1. The molecule has 0 spiro atoms. The Morgan fingerprint density at radius 1 is 1.17 bits per heavy atom. The lowest BCUT2D eigenvalue weighted by Crippen LogP contribution is -2.25. The molecule has 2 aromatic carbocycles. The topological polar surface area (TPSA) is 85.5 Å². The van der Waals surface area contributed by atoms with E-state index in [1.165, 1.54) is 12.1 Å². The van der Waals surface area contributed by atoms with Gasteiger partial charge in [-0.1, -0.05) is 6.07 Å². The van der Waals surface area contributed by atoms with Crippen molar-refractivity contribution in [3.8, 4) is 23.1 Å². The molecule has 2 heterocycles. The summed E-state index contributed by atoms with van der Waals surface area (Å²) in [7, 11) is 0. The number of hydrogen-bond donors (Lipinski definition) is 1. The number of aromatic nitrogens is 1. The number of amides is 1. The van der Waals surface area contributed by atoms with Gasteiger partial charge in [0.15, 0.2) is 0 Å². The second kappa shape index (κ2) is 10.2. The van der Waals surface area contributed by atoms with Crippen molar-refractivity contribution in [3.63, 3.8) is 0 Å². The van der Waals surface area contributed by atoms with Gasteiger partial charge in [-0.25, -0.2) is 9.18 Å². The number of ether oxygens (including phenoxy) is 3. The number of halogens is 1. The molecular weight excluding hydrogens is 461 g/mol. The van der Waals surface area contributed by atoms with E-state index >= 15 is 4.39 Å². The van der Waals surface area contributed by atoms with Crippen molar-refractivity contribution in [2.75, 3.05) is 18.5 Å². The quantitative estimate of drug-likeness (QED) is 0.422. The summed E-state index contributed by atoms with van der Waals surface area (Å²) in [6, 6.07) is 13.0. The minimum Gasteiger partial charge on any atom is -0.490 e. The van der Waals surface area contributed by atoms with Crippen LogP contribution < -0.4 is 10.1 Å². The molecule has 7 nitrogen and oxygen atoms in total. The number of carbonyl (C=O) groups is 1. The molecule has 1 amide bonds. The summed E-state index contributed by atoms with van der Waals surface area (Å²) < 4.78 is 34.0. The van der Waals surface area contributed by atoms with Gasteiger partial charge in [0, 0.05) is 35.9 Å². The molecule has 0 unspecified atom stereocenters. The highest BCUT2D eigenvalue weighted by Crippen LogP contribution is 2.43. The maximum Gasteiger partial charge on any atom is 0.411 e. The molecule has 188 valence electrons. The Morgan fingerprint density at radius 2 is 1.94 bits per heavy atom. The van der Waals surface area contributed by atoms with Crippen LogP contribution in [0.2, 0.25) is 0 Å². The number of nitrogens with zero attached hydrogens (tertiary/aromatic N) is 2. The number of fused-ring (bicyclic) bond motifs is 1. The lowest BCUT2D eigenvalue weighted by Gasteiger charge is -2.30. The molecule has 1 N–H and O–H groups in total. The van der Waals surface area contributed by atoms with Crippen molar-refractivity contribution < 1.29 is 23.4 Å². The first kappa shape index (κ1) is 24.1. The molecule has 5 rings (SSSR count). The zero-order valence-corrected chi connectivity index (χ0v) is 20.6. The Morgan fingerprint density at radius 3 is 2.58 bits per heavy atom. The smallest absolute Gasteiger partial charge is 0.411 e. The SMILES string of the molecule is CC(C)OC(=O)Nc1ccc(-c2c(C#N)c3ccc(OC4CCOCC4)cc3n2C2CCC2)cc1F. The normalized spacial score (nSPS) is 16.5. The Balaban J connectivity index is 1.55. The van der Waals surface area contributed by atoms with Gasteiger partial charge in [0.2, 0.25) is 0 Å². The zero-order chi connectivity index (χ0) is 25.2. The van der Waals surface area contributed by atoms with E-state index in [1.807, 2.05) is 18.2 Å². The van der Waals surface area contributed by atoms with Crippen LogP contribution in [0.1, 0.15) is 57.6 Å². The number of nitrogens with one attached hydrogen (secondary N) is 1. The largest absolute Gasteiger partial charge is 0.490 e. The van der Waals surface area contributed by atoms with Crippen LogP contribution in [0.3, 0.4) is 0 Å². The maximum absolute atomic E-state index is 15.1. The molecular formula is C28H30FN3O4. The van der Waals surface area contributed by atoms with Crippen molar-refractivity contribution in [2.24, 2.45) is 0 Å². The minimum absolute atomic E-state index is 0.0290. The van der Waals surface area contributed by atoms with Crippen LogP contribution in [0.25, 0.3) is 22.2 Å². The van der Waals surface area contributed by atoms with Crippen molar-refractivity contribution in [1.82, 2.24) is 4.57 Å². The highest BCUT2D eigenvalue weighted by atomic mass is 19.1. The average molecular weight is 492 g/mol. The second-order valence-electron chi connectivity index (χ2n) is 9.67. The molecule has 3 aromatic rings. The average Bonchev–Trinajstić information content (AvgIpc) is 3.13. The summed E-state index contributed by atoms with van der Waals surface area (Å²) >= 11 is 0. The molecule has 8 heteroatoms. The van der Waals surface area contributed by atoms with Gasteiger partial charge in [-0.3, -0.25) is 5.32 Å². The summed E-state index contributed by atoms with van der Waals surface area (Å²) in [5, 5.41) is 13.4. The summed E-state index contributed by atoms with van der Waals surface area (Å²) in [5.74, 6) is 0.170. The van der Waals surface area contributed by atoms with Crippen LogP contribution in [0.4, 0.5) is 14.9 Å². The summed E-state index contributed by atoms with van der Waals surface area (Å²) in [5.41, 5.74) is 2.73. The molecule has 1 saturated carbocycles. The van der Waals surface area contributed by atoms with E-state index in [2.05, 4.69) is 16.0 Å². The van der Waals surface area contributed by atoms with Crippen LogP contribution in [0.15, 0.2) is 36.4 Å². The number of rotatable bonds is 6. The van der Waals surface area contributed by atoms with E-state index in [9.17, 15) is 10.1 Å². The van der Waals surface area contributed by atoms with Crippen molar-refractivity contribution in [1.29, 1.82) is 5.26 Å². The lowest BCUT2D eigenvalue weighted by molar-refractivity contribution is 0.0256. The monoisotopic (exact) mass is 491 g/mol. The van der Waals surface area contributed by atoms with Gasteiger partial charge < -0.3 is 18.8 Å². The molecule has 36 heavy (non-hydrogen) atoms. The van der Waals surface area contributed by atoms with Crippen LogP contribution in [0.5, 0.6) is 5.75 Å². The van der Waals surface area contributed by atoms with Crippen molar-refractivity contribution >= 4 is 22.7 Å². The molecule has 1 saturated heterocycles. The van der Waals surface area contributed by atoms with Gasteiger partial charge >= 0.3 is 6.09 Å². The number of benzene rings is 2. The van der Waals surface area contributed by atoms with Gasteiger partial charge in [0.1, 0.15) is 23.7 Å². The van der Waals surface area contributed by atoms with E-state index in [-0.39, 0.29) is 23.9 Å². The van der Waals surface area contributed by atoms with E-state index < -0.39 is 11.9 Å².